The molecule has 0 aliphatic carbocycles. The smallest absolute Gasteiger partial charge is 0.197 e. The molecule has 0 N–H and O–H groups in total. The largest absolute Gasteiger partial charge is 0.287 e. The molecule has 32 valence electrons. The van der Waals surface area contributed by atoms with E-state index in [2.05, 4.69) is 6.42 Å². The number of rotatable bonds is 0. The number of thioether (sulfide) groups is 1. The standard InChI is InChI=1S/C4H4OS/c5-4-2-1-3-6-4/h1,3H2. The predicted octanol–water partition coefficient (Wildman–Crippen LogP) is 0.731. The Bertz CT molecular complexity index is 61.9. The molecule has 0 bridgehead atoms. The Hall–Kier alpha value is 0.0200. The van der Waals surface area contributed by atoms with E-state index in [4.69, 9.17) is 0 Å². The topological polar surface area (TPSA) is 17.1 Å². The second-order valence-electron chi connectivity index (χ2n) is 1.06. The van der Waals surface area contributed by atoms with E-state index in [1.54, 1.807) is 0 Å². The van der Waals surface area contributed by atoms with Gasteiger partial charge >= 0.3 is 0 Å². The van der Waals surface area contributed by atoms with Crippen LogP contribution in [0.3, 0.4) is 0 Å². The average Bonchev–Trinajstić information content (AvgIpc) is 1.86. The van der Waals surface area contributed by atoms with Gasteiger partial charge in [0.15, 0.2) is 5.12 Å². The molecule has 2 heteroatoms. The van der Waals surface area contributed by atoms with Crippen molar-refractivity contribution in [2.75, 3.05) is 5.75 Å². The molecule has 0 aromatic carbocycles. The number of carbonyl (C=O) groups is 1. The van der Waals surface area contributed by atoms with Crippen LogP contribution >= 0.6 is 11.8 Å². The molecule has 0 aromatic heterocycles. The molecule has 1 fully saturated rings. The lowest BCUT2D eigenvalue weighted by atomic mass is 10.4. The van der Waals surface area contributed by atoms with Crippen LogP contribution in [-0.4, -0.2) is 10.9 Å². The van der Waals surface area contributed by atoms with Crippen molar-refractivity contribution in [1.29, 1.82) is 0 Å². The van der Waals surface area contributed by atoms with Gasteiger partial charge in [-0.15, -0.1) is 0 Å². The van der Waals surface area contributed by atoms with Gasteiger partial charge in [-0.25, -0.2) is 0 Å². The third-order valence-electron chi connectivity index (χ3n) is 0.605. The van der Waals surface area contributed by atoms with Gasteiger partial charge in [0.1, 0.15) is 0 Å². The van der Waals surface area contributed by atoms with Gasteiger partial charge in [-0.1, -0.05) is 11.8 Å². The molecule has 0 spiro atoms. The minimum absolute atomic E-state index is 0.120. The number of carbonyl (C=O) groups excluding carboxylic acids is 1. The number of hydrogen-bond acceptors (Lipinski definition) is 2. The minimum Gasteiger partial charge on any atom is -0.287 e. The third kappa shape index (κ3) is 0.744. The fraction of sp³-hybridized carbons (Fsp3) is 0.500. The SMILES string of the molecule is O=C1[C]CCS1. The summed E-state index contributed by atoms with van der Waals surface area (Å²) in [5.74, 6) is 0.943. The maximum absolute atomic E-state index is 10.1. The molecule has 2 radical (unpaired) electrons. The van der Waals surface area contributed by atoms with Crippen LogP contribution in [0.25, 0.3) is 0 Å². The molecule has 1 saturated heterocycles. The van der Waals surface area contributed by atoms with E-state index in [1.807, 2.05) is 0 Å². The zero-order chi connectivity index (χ0) is 4.41. The Morgan fingerprint density at radius 2 is 2.67 bits per heavy atom. The van der Waals surface area contributed by atoms with Crippen LogP contribution in [0.2, 0.25) is 0 Å². The summed E-state index contributed by atoms with van der Waals surface area (Å²) in [5.41, 5.74) is 0. The highest BCUT2D eigenvalue weighted by Crippen LogP contribution is 2.16. The van der Waals surface area contributed by atoms with Gasteiger partial charge in [-0.05, 0) is 6.42 Å². The second-order valence-corrected chi connectivity index (χ2v) is 2.13. The van der Waals surface area contributed by atoms with Crippen molar-refractivity contribution in [3.63, 3.8) is 0 Å². The summed E-state index contributed by atoms with van der Waals surface area (Å²) >= 11 is 1.35. The summed E-state index contributed by atoms with van der Waals surface area (Å²) in [7, 11) is 0. The molecule has 0 saturated carbocycles. The average molecular weight is 100 g/mol. The monoisotopic (exact) mass is 100.0 g/mol. The Balaban J connectivity index is 2.37. The first-order valence-electron chi connectivity index (χ1n) is 1.80. The van der Waals surface area contributed by atoms with Gasteiger partial charge in [0, 0.05) is 5.75 Å². The first kappa shape index (κ1) is 4.19. The fourth-order valence-electron chi connectivity index (χ4n) is 0.348. The molecule has 1 rings (SSSR count). The van der Waals surface area contributed by atoms with E-state index in [0.29, 0.717) is 0 Å². The van der Waals surface area contributed by atoms with Crippen molar-refractivity contribution in [1.82, 2.24) is 0 Å². The molecule has 0 aromatic rings. The maximum Gasteiger partial charge on any atom is 0.197 e. The summed E-state index contributed by atoms with van der Waals surface area (Å²) in [5, 5.41) is 0.120. The molecular weight excluding hydrogens is 96.1 g/mol. The predicted molar refractivity (Wildman–Crippen MR) is 25.3 cm³/mol. The zero-order valence-electron chi connectivity index (χ0n) is 3.23. The highest BCUT2D eigenvalue weighted by molar-refractivity contribution is 8.14. The van der Waals surface area contributed by atoms with Gasteiger partial charge in [-0.3, -0.25) is 4.79 Å². The lowest BCUT2D eigenvalue weighted by Gasteiger charge is -1.70. The molecule has 0 atom stereocenters. The highest BCUT2D eigenvalue weighted by atomic mass is 32.2. The van der Waals surface area contributed by atoms with Gasteiger partial charge in [0.2, 0.25) is 0 Å². The van der Waals surface area contributed by atoms with Crippen molar-refractivity contribution < 1.29 is 4.79 Å². The summed E-state index contributed by atoms with van der Waals surface area (Å²) in [6.45, 7) is 0. The summed E-state index contributed by atoms with van der Waals surface area (Å²) in [6.07, 6.45) is 3.49. The fourth-order valence-corrected chi connectivity index (χ4v) is 0.941. The first-order valence-corrected chi connectivity index (χ1v) is 2.79. The van der Waals surface area contributed by atoms with E-state index in [9.17, 15) is 4.79 Å². The van der Waals surface area contributed by atoms with E-state index in [1.165, 1.54) is 11.8 Å². The van der Waals surface area contributed by atoms with E-state index >= 15 is 0 Å². The second kappa shape index (κ2) is 1.65. The van der Waals surface area contributed by atoms with Crippen LogP contribution < -0.4 is 0 Å². The summed E-state index contributed by atoms with van der Waals surface area (Å²) in [4.78, 5) is 10.1. The van der Waals surface area contributed by atoms with Crippen molar-refractivity contribution in [3.05, 3.63) is 6.42 Å². The molecule has 1 nitrogen and oxygen atoms in total. The van der Waals surface area contributed by atoms with Gasteiger partial charge in [-0.2, -0.15) is 0 Å². The van der Waals surface area contributed by atoms with Crippen LogP contribution in [0.1, 0.15) is 6.42 Å². The maximum atomic E-state index is 10.1. The first-order chi connectivity index (χ1) is 2.89. The van der Waals surface area contributed by atoms with E-state index < -0.39 is 0 Å². The zero-order valence-corrected chi connectivity index (χ0v) is 4.05. The van der Waals surface area contributed by atoms with Gasteiger partial charge in [0.05, 0.1) is 6.42 Å². The molecular formula is C4H4OS. The molecule has 1 aliphatic heterocycles. The normalized spacial score (nSPS) is 22.3. The van der Waals surface area contributed by atoms with Crippen molar-refractivity contribution in [3.8, 4) is 0 Å². The van der Waals surface area contributed by atoms with E-state index in [-0.39, 0.29) is 5.12 Å². The Labute approximate surface area is 41.1 Å². The lowest BCUT2D eigenvalue weighted by Crippen LogP contribution is -1.76. The highest BCUT2D eigenvalue weighted by Gasteiger charge is 2.09. The summed E-state index contributed by atoms with van der Waals surface area (Å²) in [6, 6.07) is 0. The molecule has 1 aliphatic rings. The molecule has 1 heterocycles. The number of hydrogen-bond donors (Lipinski definition) is 0. The minimum atomic E-state index is 0.120. The van der Waals surface area contributed by atoms with Crippen molar-refractivity contribution in [2.24, 2.45) is 0 Å². The van der Waals surface area contributed by atoms with Crippen LogP contribution in [0.15, 0.2) is 0 Å². The molecule has 6 heavy (non-hydrogen) atoms. The van der Waals surface area contributed by atoms with Gasteiger partial charge in [0.25, 0.3) is 0 Å². The van der Waals surface area contributed by atoms with Crippen molar-refractivity contribution in [2.45, 2.75) is 6.42 Å². The Morgan fingerprint density at radius 1 is 1.83 bits per heavy atom. The van der Waals surface area contributed by atoms with Crippen LogP contribution in [-0.2, 0) is 4.79 Å². The van der Waals surface area contributed by atoms with Crippen LogP contribution in [0.5, 0.6) is 0 Å². The van der Waals surface area contributed by atoms with Crippen molar-refractivity contribution >= 4 is 16.9 Å². The quantitative estimate of drug-likeness (QED) is 0.446. The lowest BCUT2D eigenvalue weighted by molar-refractivity contribution is -0.107. The van der Waals surface area contributed by atoms with Crippen LogP contribution in [0.4, 0.5) is 0 Å². The Kier molecular flexibility index (Phi) is 1.15. The molecule has 0 unspecified atom stereocenters. The summed E-state index contributed by atoms with van der Waals surface area (Å²) < 4.78 is 0. The van der Waals surface area contributed by atoms with Gasteiger partial charge < -0.3 is 0 Å². The third-order valence-corrected chi connectivity index (χ3v) is 1.42. The van der Waals surface area contributed by atoms with Crippen LogP contribution in [0, 0.1) is 6.42 Å². The van der Waals surface area contributed by atoms with E-state index in [0.717, 1.165) is 12.2 Å². The Morgan fingerprint density at radius 3 is 2.83 bits per heavy atom. The molecule has 0 amide bonds.